The molecule has 146 valence electrons. The van der Waals surface area contributed by atoms with Crippen LogP contribution in [0.15, 0.2) is 49.1 Å². The first kappa shape index (κ1) is 21.2. The van der Waals surface area contributed by atoms with Gasteiger partial charge in [0.1, 0.15) is 0 Å². The van der Waals surface area contributed by atoms with Crippen molar-refractivity contribution in [1.29, 1.82) is 0 Å². The zero-order chi connectivity index (χ0) is 19.5. The zero-order valence-corrected chi connectivity index (χ0v) is 17.4. The summed E-state index contributed by atoms with van der Waals surface area (Å²) in [5.41, 5.74) is 3.66. The Labute approximate surface area is 161 Å². The Kier molecular flexibility index (Phi) is 7.10. The fourth-order valence-electron chi connectivity index (χ4n) is 4.11. The summed E-state index contributed by atoms with van der Waals surface area (Å²) in [5, 5.41) is 0. The third kappa shape index (κ3) is 5.44. The van der Waals surface area contributed by atoms with Gasteiger partial charge in [-0.25, -0.2) is 0 Å². The van der Waals surface area contributed by atoms with Gasteiger partial charge in [0.15, 0.2) is 0 Å². The van der Waals surface area contributed by atoms with E-state index in [9.17, 15) is 0 Å². The van der Waals surface area contributed by atoms with Gasteiger partial charge in [0.2, 0.25) is 0 Å². The molecule has 0 radical (unpaired) electrons. The molecular formula is C24H38O2. The molecule has 0 aliphatic carbocycles. The lowest BCUT2D eigenvalue weighted by atomic mass is 9.76. The molecule has 0 saturated carbocycles. The molecule has 26 heavy (non-hydrogen) atoms. The van der Waals surface area contributed by atoms with Crippen molar-refractivity contribution < 1.29 is 9.47 Å². The van der Waals surface area contributed by atoms with Crippen LogP contribution in [0.5, 0.6) is 0 Å². The van der Waals surface area contributed by atoms with Crippen LogP contribution < -0.4 is 0 Å². The van der Waals surface area contributed by atoms with E-state index in [-0.39, 0.29) is 29.8 Å². The summed E-state index contributed by atoms with van der Waals surface area (Å²) in [4.78, 5) is 0. The molecule has 0 aromatic carbocycles. The molecular weight excluding hydrogens is 320 g/mol. The van der Waals surface area contributed by atoms with Crippen molar-refractivity contribution in [3.63, 3.8) is 0 Å². The Morgan fingerprint density at radius 3 is 2.42 bits per heavy atom. The highest BCUT2D eigenvalue weighted by Gasteiger charge is 2.38. The van der Waals surface area contributed by atoms with Gasteiger partial charge < -0.3 is 9.47 Å². The Bertz CT molecular complexity index is 551. The molecule has 2 heteroatoms. The monoisotopic (exact) mass is 358 g/mol. The lowest BCUT2D eigenvalue weighted by Crippen LogP contribution is -2.41. The van der Waals surface area contributed by atoms with E-state index in [0.29, 0.717) is 5.92 Å². The molecule has 2 saturated heterocycles. The van der Waals surface area contributed by atoms with Crippen LogP contribution in [0, 0.1) is 11.3 Å². The van der Waals surface area contributed by atoms with Crippen molar-refractivity contribution in [2.75, 3.05) is 0 Å². The third-order valence-electron chi connectivity index (χ3n) is 5.83. The van der Waals surface area contributed by atoms with Crippen molar-refractivity contribution >= 4 is 0 Å². The summed E-state index contributed by atoms with van der Waals surface area (Å²) >= 11 is 0. The molecule has 0 unspecified atom stereocenters. The van der Waals surface area contributed by atoms with Crippen LogP contribution in [0.1, 0.15) is 66.2 Å². The first-order chi connectivity index (χ1) is 12.1. The topological polar surface area (TPSA) is 18.5 Å². The maximum atomic E-state index is 6.44. The van der Waals surface area contributed by atoms with Gasteiger partial charge >= 0.3 is 0 Å². The van der Waals surface area contributed by atoms with Gasteiger partial charge in [-0.15, -0.1) is 0 Å². The second-order valence-corrected chi connectivity index (χ2v) is 9.30. The molecule has 0 spiro atoms. The summed E-state index contributed by atoms with van der Waals surface area (Å²) < 4.78 is 12.7. The molecule has 0 bridgehead atoms. The summed E-state index contributed by atoms with van der Waals surface area (Å²) in [6.07, 6.45) is 8.73. The van der Waals surface area contributed by atoms with Gasteiger partial charge in [-0.2, -0.15) is 0 Å². The van der Waals surface area contributed by atoms with Crippen LogP contribution in [-0.4, -0.2) is 24.4 Å². The second kappa shape index (κ2) is 8.71. The standard InChI is InChI=1S/C24H38O2/c1-9-16(2)10-11-20-15-18(4)22(25-20)13-12-21-14-17(3)19(5)23(26-21)24(6,7)8/h9,17,20-23H,1-2,4-5,10-15H2,3,6-8H3/t17-,20+,21+,22+,23+/m1/s1. The molecule has 5 atom stereocenters. The molecule has 2 fully saturated rings. The quantitative estimate of drug-likeness (QED) is 0.387. The number of hydrogen-bond donors (Lipinski definition) is 0. The predicted octanol–water partition coefficient (Wildman–Crippen LogP) is 6.40. The number of allylic oxidation sites excluding steroid dienone is 2. The van der Waals surface area contributed by atoms with Crippen molar-refractivity contribution in [2.24, 2.45) is 11.3 Å². The first-order valence-electron chi connectivity index (χ1n) is 10.1. The van der Waals surface area contributed by atoms with Crippen LogP contribution in [0.2, 0.25) is 0 Å². The van der Waals surface area contributed by atoms with Crippen LogP contribution in [0.25, 0.3) is 0 Å². The maximum absolute atomic E-state index is 6.44. The van der Waals surface area contributed by atoms with Crippen molar-refractivity contribution in [3.05, 3.63) is 49.1 Å². The van der Waals surface area contributed by atoms with Gasteiger partial charge in [0.25, 0.3) is 0 Å². The largest absolute Gasteiger partial charge is 0.370 e. The normalized spacial score (nSPS) is 32.7. The number of ether oxygens (including phenoxy) is 2. The molecule has 2 rings (SSSR count). The van der Waals surface area contributed by atoms with E-state index in [4.69, 9.17) is 9.47 Å². The van der Waals surface area contributed by atoms with E-state index >= 15 is 0 Å². The highest BCUT2D eigenvalue weighted by molar-refractivity contribution is 5.15. The average molecular weight is 359 g/mol. The Morgan fingerprint density at radius 1 is 1.12 bits per heavy atom. The van der Waals surface area contributed by atoms with E-state index in [1.165, 1.54) is 11.1 Å². The summed E-state index contributed by atoms with van der Waals surface area (Å²) in [7, 11) is 0. The molecule has 0 amide bonds. The van der Waals surface area contributed by atoms with E-state index in [2.05, 4.69) is 54.0 Å². The van der Waals surface area contributed by atoms with Crippen LogP contribution in [0.4, 0.5) is 0 Å². The van der Waals surface area contributed by atoms with Crippen LogP contribution in [0.3, 0.4) is 0 Å². The molecule has 2 aliphatic rings. The molecule has 2 aliphatic heterocycles. The van der Waals surface area contributed by atoms with Gasteiger partial charge in [-0.3, -0.25) is 0 Å². The van der Waals surface area contributed by atoms with Crippen LogP contribution >= 0.6 is 0 Å². The molecule has 2 nitrogen and oxygen atoms in total. The second-order valence-electron chi connectivity index (χ2n) is 9.30. The van der Waals surface area contributed by atoms with E-state index in [1.54, 1.807) is 0 Å². The zero-order valence-electron chi connectivity index (χ0n) is 17.4. The smallest absolute Gasteiger partial charge is 0.0836 e. The van der Waals surface area contributed by atoms with Crippen LogP contribution in [-0.2, 0) is 9.47 Å². The van der Waals surface area contributed by atoms with Crippen molar-refractivity contribution in [1.82, 2.24) is 0 Å². The van der Waals surface area contributed by atoms with Gasteiger partial charge in [-0.1, -0.05) is 65.7 Å². The van der Waals surface area contributed by atoms with Crippen molar-refractivity contribution in [2.45, 2.75) is 90.6 Å². The predicted molar refractivity (Wildman–Crippen MR) is 111 cm³/mol. The molecule has 0 N–H and O–H groups in total. The molecule has 2 heterocycles. The van der Waals surface area contributed by atoms with Crippen molar-refractivity contribution in [3.8, 4) is 0 Å². The van der Waals surface area contributed by atoms with E-state index in [0.717, 1.165) is 44.1 Å². The highest BCUT2D eigenvalue weighted by Crippen LogP contribution is 2.40. The van der Waals surface area contributed by atoms with E-state index in [1.807, 2.05) is 6.08 Å². The average Bonchev–Trinajstić information content (AvgIpc) is 2.92. The minimum atomic E-state index is 0.0934. The number of hydrogen-bond acceptors (Lipinski definition) is 2. The Morgan fingerprint density at radius 2 is 1.81 bits per heavy atom. The van der Waals surface area contributed by atoms with E-state index < -0.39 is 0 Å². The SMILES string of the molecule is C=CC(=C)CC[C@H]1CC(=C)[C@H](CC[C@H]2C[C@@H](C)C(=C)[C@@H](C(C)(C)C)O2)O1. The number of rotatable bonds is 7. The minimum absolute atomic E-state index is 0.0934. The van der Waals surface area contributed by atoms with Gasteiger partial charge in [-0.05, 0) is 61.0 Å². The fourth-order valence-corrected chi connectivity index (χ4v) is 4.11. The third-order valence-corrected chi connectivity index (χ3v) is 5.83. The molecule has 0 aromatic rings. The van der Waals surface area contributed by atoms with Gasteiger partial charge in [0, 0.05) is 0 Å². The highest BCUT2D eigenvalue weighted by atomic mass is 16.5. The summed E-state index contributed by atoms with van der Waals surface area (Å²) in [6.45, 7) is 25.3. The fraction of sp³-hybridized carbons (Fsp3) is 0.667. The molecule has 0 aromatic heterocycles. The Hall–Kier alpha value is -1.12. The summed E-state index contributed by atoms with van der Waals surface area (Å²) in [6, 6.07) is 0. The lowest BCUT2D eigenvalue weighted by Gasteiger charge is -2.42. The lowest BCUT2D eigenvalue weighted by molar-refractivity contribution is -0.0858. The first-order valence-corrected chi connectivity index (χ1v) is 10.1. The summed E-state index contributed by atoms with van der Waals surface area (Å²) in [5.74, 6) is 0.517. The Balaban J connectivity index is 1.84. The maximum Gasteiger partial charge on any atom is 0.0836 e. The van der Waals surface area contributed by atoms with Gasteiger partial charge in [0.05, 0.1) is 24.4 Å². The minimum Gasteiger partial charge on any atom is -0.370 e.